The van der Waals surface area contributed by atoms with Crippen molar-refractivity contribution in [2.75, 3.05) is 13.7 Å². The van der Waals surface area contributed by atoms with Crippen LogP contribution >= 0.6 is 0 Å². The number of hydrogen-bond acceptors (Lipinski definition) is 5. The third-order valence-electron chi connectivity index (χ3n) is 5.81. The molecule has 7 heteroatoms. The lowest BCUT2D eigenvalue weighted by Gasteiger charge is -2.26. The molecule has 1 saturated heterocycles. The van der Waals surface area contributed by atoms with Gasteiger partial charge in [-0.1, -0.05) is 0 Å². The Morgan fingerprint density at radius 1 is 1.17 bits per heavy atom. The highest BCUT2D eigenvalue weighted by Crippen LogP contribution is 2.34. The molecule has 1 aliphatic heterocycles. The third-order valence-corrected chi connectivity index (χ3v) is 5.81. The molecule has 4 heterocycles. The van der Waals surface area contributed by atoms with Gasteiger partial charge in [0.15, 0.2) is 5.65 Å². The zero-order chi connectivity index (χ0) is 20.8. The molecule has 0 spiro atoms. The molecular formula is C23H23N5O2. The van der Waals surface area contributed by atoms with E-state index in [-0.39, 0.29) is 11.9 Å². The number of carbonyl (C=O) groups is 1. The van der Waals surface area contributed by atoms with E-state index in [0.717, 1.165) is 52.2 Å². The first-order valence-electron chi connectivity index (χ1n) is 10.1. The lowest BCUT2D eigenvalue weighted by molar-refractivity contribution is 0.0730. The van der Waals surface area contributed by atoms with Crippen LogP contribution in [0.3, 0.4) is 0 Å². The first kappa shape index (κ1) is 18.5. The van der Waals surface area contributed by atoms with Gasteiger partial charge in [-0.2, -0.15) is 5.10 Å². The Balaban J connectivity index is 1.56. The summed E-state index contributed by atoms with van der Waals surface area (Å²) in [7, 11) is 1.64. The minimum absolute atomic E-state index is 0.000982. The Kier molecular flexibility index (Phi) is 4.38. The smallest absolute Gasteiger partial charge is 0.256 e. The second-order valence-electron chi connectivity index (χ2n) is 7.76. The van der Waals surface area contributed by atoms with Crippen molar-refractivity contribution < 1.29 is 9.53 Å². The molecule has 0 radical (unpaired) electrons. The molecule has 0 N–H and O–H groups in total. The lowest BCUT2D eigenvalue weighted by Crippen LogP contribution is -2.32. The molecular weight excluding hydrogens is 378 g/mol. The van der Waals surface area contributed by atoms with E-state index in [4.69, 9.17) is 4.74 Å². The maximum absolute atomic E-state index is 13.6. The van der Waals surface area contributed by atoms with E-state index in [0.29, 0.717) is 12.1 Å². The molecule has 0 bridgehead atoms. The fourth-order valence-corrected chi connectivity index (χ4v) is 4.35. The van der Waals surface area contributed by atoms with Crippen LogP contribution in [0.25, 0.3) is 16.6 Å². The fraction of sp³-hybridized carbons (Fsp3) is 0.304. The van der Waals surface area contributed by atoms with E-state index in [1.54, 1.807) is 13.3 Å². The number of hydrogen-bond donors (Lipinski definition) is 0. The molecule has 0 unspecified atom stereocenters. The van der Waals surface area contributed by atoms with E-state index in [2.05, 4.69) is 15.1 Å². The van der Waals surface area contributed by atoms with Gasteiger partial charge < -0.3 is 9.64 Å². The predicted molar refractivity (Wildman–Crippen MR) is 114 cm³/mol. The number of aromatic nitrogens is 4. The number of likely N-dealkylation sites (tertiary alicyclic amines) is 1. The van der Waals surface area contributed by atoms with Gasteiger partial charge >= 0.3 is 0 Å². The van der Waals surface area contributed by atoms with Gasteiger partial charge in [-0.05, 0) is 57.0 Å². The highest BCUT2D eigenvalue weighted by atomic mass is 16.5. The molecule has 1 atom stereocenters. The summed E-state index contributed by atoms with van der Waals surface area (Å²) in [6, 6.07) is 11.5. The highest BCUT2D eigenvalue weighted by Gasteiger charge is 2.33. The van der Waals surface area contributed by atoms with E-state index < -0.39 is 0 Å². The summed E-state index contributed by atoms with van der Waals surface area (Å²) in [5.74, 6) is 0.750. The maximum Gasteiger partial charge on any atom is 0.256 e. The number of amides is 1. The van der Waals surface area contributed by atoms with Gasteiger partial charge in [-0.15, -0.1) is 0 Å². The number of benzene rings is 1. The Morgan fingerprint density at radius 2 is 2.03 bits per heavy atom. The van der Waals surface area contributed by atoms with E-state index >= 15 is 0 Å². The Hall–Kier alpha value is -3.48. The number of nitrogens with zero attached hydrogens (tertiary/aromatic N) is 5. The van der Waals surface area contributed by atoms with Crippen LogP contribution in [-0.4, -0.2) is 44.0 Å². The van der Waals surface area contributed by atoms with Crippen LogP contribution in [0.1, 0.15) is 46.3 Å². The van der Waals surface area contributed by atoms with Crippen molar-refractivity contribution >= 4 is 22.5 Å². The number of carbonyl (C=O) groups excluding carboxylic acids is 1. The summed E-state index contributed by atoms with van der Waals surface area (Å²) >= 11 is 0. The Labute approximate surface area is 174 Å². The van der Waals surface area contributed by atoms with Gasteiger partial charge in [0.2, 0.25) is 0 Å². The lowest BCUT2D eigenvalue weighted by atomic mass is 10.1. The van der Waals surface area contributed by atoms with Crippen LogP contribution < -0.4 is 4.74 Å². The quantitative estimate of drug-likeness (QED) is 0.521. The number of pyridine rings is 1. The van der Waals surface area contributed by atoms with Crippen molar-refractivity contribution in [1.82, 2.24) is 24.5 Å². The molecule has 1 amide bonds. The van der Waals surface area contributed by atoms with Crippen LogP contribution in [0.4, 0.5) is 0 Å². The average Bonchev–Trinajstić information content (AvgIpc) is 3.38. The van der Waals surface area contributed by atoms with Crippen molar-refractivity contribution in [3.63, 3.8) is 0 Å². The maximum atomic E-state index is 13.6. The van der Waals surface area contributed by atoms with Crippen LogP contribution in [0, 0.1) is 13.8 Å². The highest BCUT2D eigenvalue weighted by molar-refractivity contribution is 5.99. The van der Waals surface area contributed by atoms with Gasteiger partial charge in [-0.25, -0.2) is 9.50 Å². The van der Waals surface area contributed by atoms with Crippen LogP contribution in [0.2, 0.25) is 0 Å². The Bertz CT molecular complexity index is 1280. The third kappa shape index (κ3) is 2.98. The number of ether oxygens (including phenoxy) is 1. The van der Waals surface area contributed by atoms with E-state index in [9.17, 15) is 4.79 Å². The summed E-state index contributed by atoms with van der Waals surface area (Å²) in [5, 5.41) is 5.49. The van der Waals surface area contributed by atoms with Gasteiger partial charge in [0.25, 0.3) is 5.91 Å². The van der Waals surface area contributed by atoms with Gasteiger partial charge in [0.05, 0.1) is 41.3 Å². The minimum atomic E-state index is -0.0392. The van der Waals surface area contributed by atoms with Crippen molar-refractivity contribution in [2.24, 2.45) is 0 Å². The normalized spacial score (nSPS) is 16.5. The molecule has 7 nitrogen and oxygen atoms in total. The van der Waals surface area contributed by atoms with E-state index in [1.807, 2.05) is 59.7 Å². The van der Waals surface area contributed by atoms with Crippen LogP contribution in [0.5, 0.6) is 5.75 Å². The Morgan fingerprint density at radius 3 is 2.87 bits per heavy atom. The van der Waals surface area contributed by atoms with Crippen molar-refractivity contribution in [3.05, 3.63) is 65.2 Å². The summed E-state index contributed by atoms with van der Waals surface area (Å²) < 4.78 is 7.19. The number of fused-ring (bicyclic) bond motifs is 2. The summed E-state index contributed by atoms with van der Waals surface area (Å²) in [6.07, 6.45) is 3.65. The van der Waals surface area contributed by atoms with Crippen LogP contribution in [-0.2, 0) is 0 Å². The minimum Gasteiger partial charge on any atom is -0.497 e. The van der Waals surface area contributed by atoms with Gasteiger partial charge in [0.1, 0.15) is 5.75 Å². The standard InChI is InChI=1S/C23H23N5O2/c1-14-11-22-24-9-8-21(28(22)26-14)20-5-4-10-27(20)23(29)18-13-16-12-17(30-3)6-7-19(16)25-15(18)2/h6-9,11-13,20H,4-5,10H2,1-3H3/t20-/m0/s1. The summed E-state index contributed by atoms with van der Waals surface area (Å²) in [5.41, 5.74) is 4.93. The molecule has 4 aromatic rings. The second-order valence-corrected chi connectivity index (χ2v) is 7.76. The topological polar surface area (TPSA) is 72.6 Å². The molecule has 0 aliphatic carbocycles. The monoisotopic (exact) mass is 401 g/mol. The molecule has 3 aromatic heterocycles. The number of aryl methyl sites for hydroxylation is 2. The number of methoxy groups -OCH3 is 1. The fourth-order valence-electron chi connectivity index (χ4n) is 4.35. The molecule has 30 heavy (non-hydrogen) atoms. The van der Waals surface area contributed by atoms with Crippen molar-refractivity contribution in [1.29, 1.82) is 0 Å². The molecule has 1 aromatic carbocycles. The number of rotatable bonds is 3. The van der Waals surface area contributed by atoms with Gasteiger partial charge in [0, 0.05) is 24.2 Å². The molecule has 5 rings (SSSR count). The summed E-state index contributed by atoms with van der Waals surface area (Å²) in [4.78, 5) is 24.6. The first-order valence-corrected chi connectivity index (χ1v) is 10.1. The molecule has 0 saturated carbocycles. The molecule has 1 fully saturated rings. The first-order chi connectivity index (χ1) is 14.5. The average molecular weight is 401 g/mol. The largest absolute Gasteiger partial charge is 0.497 e. The molecule has 1 aliphatic rings. The summed E-state index contributed by atoms with van der Waals surface area (Å²) in [6.45, 7) is 4.56. The zero-order valence-electron chi connectivity index (χ0n) is 17.3. The predicted octanol–water partition coefficient (Wildman–Crippen LogP) is 3.88. The van der Waals surface area contributed by atoms with E-state index in [1.165, 1.54) is 0 Å². The van der Waals surface area contributed by atoms with Gasteiger partial charge in [-0.3, -0.25) is 9.78 Å². The molecule has 152 valence electrons. The zero-order valence-corrected chi connectivity index (χ0v) is 17.3. The van der Waals surface area contributed by atoms with Crippen LogP contribution in [0.15, 0.2) is 42.6 Å². The second kappa shape index (κ2) is 7.09. The SMILES string of the molecule is COc1ccc2nc(C)c(C(=O)N3CCC[C@H]3c3ccnc4cc(C)nn34)cc2c1. The van der Waals surface area contributed by atoms with Crippen molar-refractivity contribution in [3.8, 4) is 5.75 Å². The van der Waals surface area contributed by atoms with Crippen molar-refractivity contribution in [2.45, 2.75) is 32.7 Å².